The molecule has 25 heavy (non-hydrogen) atoms. The van der Waals surface area contributed by atoms with Crippen molar-refractivity contribution in [3.05, 3.63) is 65.5 Å². The molecule has 0 aliphatic rings. The van der Waals surface area contributed by atoms with Gasteiger partial charge in [0.2, 0.25) is 0 Å². The summed E-state index contributed by atoms with van der Waals surface area (Å²) in [5, 5.41) is 6.69. The molecular weight excluding hydrogens is 312 g/mol. The Morgan fingerprint density at radius 3 is 2.36 bits per heavy atom. The molecule has 1 heterocycles. The molecule has 3 aromatic rings. The predicted molar refractivity (Wildman–Crippen MR) is 102 cm³/mol. The monoisotopic (exact) mass is 334 g/mol. The predicted octanol–water partition coefficient (Wildman–Crippen LogP) is 4.90. The normalized spacial score (nSPS) is 10.4. The Kier molecular flexibility index (Phi) is 4.84. The maximum absolute atomic E-state index is 5.26. The van der Waals surface area contributed by atoms with Gasteiger partial charge in [0.15, 0.2) is 0 Å². The molecular formula is C20H22N4O. The number of rotatable bonds is 5. The van der Waals surface area contributed by atoms with Crippen LogP contribution in [-0.2, 0) is 0 Å². The number of methoxy groups -OCH3 is 1. The second kappa shape index (κ2) is 7.21. The molecule has 0 spiro atoms. The molecule has 5 heteroatoms. The molecule has 2 aromatic carbocycles. The second-order valence-electron chi connectivity index (χ2n) is 5.99. The van der Waals surface area contributed by atoms with Crippen molar-refractivity contribution < 1.29 is 4.74 Å². The van der Waals surface area contributed by atoms with E-state index in [0.717, 1.165) is 28.8 Å². The molecule has 0 radical (unpaired) electrons. The van der Waals surface area contributed by atoms with E-state index < -0.39 is 0 Å². The fourth-order valence-electron chi connectivity index (χ4n) is 2.55. The quantitative estimate of drug-likeness (QED) is 0.695. The molecule has 0 fully saturated rings. The Labute approximate surface area is 148 Å². The fourth-order valence-corrected chi connectivity index (χ4v) is 2.55. The van der Waals surface area contributed by atoms with Gasteiger partial charge in [-0.15, -0.1) is 0 Å². The van der Waals surface area contributed by atoms with Gasteiger partial charge >= 0.3 is 0 Å². The Hall–Kier alpha value is -3.08. The molecule has 2 N–H and O–H groups in total. The van der Waals surface area contributed by atoms with Crippen molar-refractivity contribution in [2.45, 2.75) is 20.8 Å². The number of anilines is 4. The van der Waals surface area contributed by atoms with E-state index in [-0.39, 0.29) is 0 Å². The van der Waals surface area contributed by atoms with Gasteiger partial charge in [-0.2, -0.15) is 0 Å². The summed E-state index contributed by atoms with van der Waals surface area (Å²) >= 11 is 0. The molecule has 0 amide bonds. The lowest BCUT2D eigenvalue weighted by Gasteiger charge is -2.13. The summed E-state index contributed by atoms with van der Waals surface area (Å²) < 4.78 is 5.26. The van der Waals surface area contributed by atoms with Crippen molar-refractivity contribution in [3.63, 3.8) is 0 Å². The zero-order valence-electron chi connectivity index (χ0n) is 14.9. The number of nitrogens with one attached hydrogen (secondary N) is 2. The molecule has 0 unspecified atom stereocenters. The van der Waals surface area contributed by atoms with E-state index in [0.29, 0.717) is 5.82 Å². The first-order chi connectivity index (χ1) is 12.0. The zero-order valence-corrected chi connectivity index (χ0v) is 14.9. The lowest BCUT2D eigenvalue weighted by Crippen LogP contribution is -2.02. The highest BCUT2D eigenvalue weighted by Crippen LogP contribution is 2.24. The summed E-state index contributed by atoms with van der Waals surface area (Å²) in [6.45, 7) is 6.03. The van der Waals surface area contributed by atoms with Crippen molar-refractivity contribution in [2.75, 3.05) is 17.7 Å². The highest BCUT2D eigenvalue weighted by molar-refractivity contribution is 5.66. The van der Waals surface area contributed by atoms with Crippen molar-refractivity contribution in [1.82, 2.24) is 9.97 Å². The highest BCUT2D eigenvalue weighted by Gasteiger charge is 2.06. The maximum atomic E-state index is 5.26. The van der Waals surface area contributed by atoms with E-state index in [2.05, 4.69) is 52.6 Å². The third-order valence-corrected chi connectivity index (χ3v) is 3.84. The number of aromatic nitrogens is 2. The van der Waals surface area contributed by atoms with E-state index in [9.17, 15) is 0 Å². The second-order valence-corrected chi connectivity index (χ2v) is 5.99. The molecule has 5 nitrogen and oxygen atoms in total. The standard InChI is InChI=1S/C20H22N4O/c1-13-8-9-14(2)18(10-13)24-20-12-19(21-15(3)22-20)23-16-6-5-7-17(11-16)25-4/h5-12H,1-4H3,(H2,21,22,23,24). The van der Waals surface area contributed by atoms with E-state index in [1.807, 2.05) is 37.3 Å². The minimum Gasteiger partial charge on any atom is -0.497 e. The van der Waals surface area contributed by atoms with Gasteiger partial charge in [0.25, 0.3) is 0 Å². The van der Waals surface area contributed by atoms with E-state index >= 15 is 0 Å². The Morgan fingerprint density at radius 2 is 1.60 bits per heavy atom. The average Bonchev–Trinajstić information content (AvgIpc) is 2.58. The van der Waals surface area contributed by atoms with Crippen LogP contribution in [0.3, 0.4) is 0 Å². The molecule has 3 rings (SSSR count). The van der Waals surface area contributed by atoms with Crippen LogP contribution in [0.2, 0.25) is 0 Å². The van der Waals surface area contributed by atoms with E-state index in [4.69, 9.17) is 4.74 Å². The minimum absolute atomic E-state index is 0.695. The Balaban J connectivity index is 1.86. The van der Waals surface area contributed by atoms with E-state index in [1.54, 1.807) is 7.11 Å². The summed E-state index contributed by atoms with van der Waals surface area (Å²) in [7, 11) is 1.65. The molecule has 1 aromatic heterocycles. The van der Waals surface area contributed by atoms with Crippen LogP contribution >= 0.6 is 0 Å². The first-order valence-electron chi connectivity index (χ1n) is 8.14. The van der Waals surface area contributed by atoms with Crippen LogP contribution in [0.25, 0.3) is 0 Å². The Bertz CT molecular complexity index is 893. The van der Waals surface area contributed by atoms with Gasteiger partial charge in [-0.3, -0.25) is 0 Å². The van der Waals surface area contributed by atoms with Crippen LogP contribution in [0.15, 0.2) is 48.5 Å². The SMILES string of the molecule is COc1cccc(Nc2cc(Nc3cc(C)ccc3C)nc(C)n2)c1. The zero-order chi connectivity index (χ0) is 17.8. The van der Waals surface area contributed by atoms with Crippen LogP contribution in [0.1, 0.15) is 17.0 Å². The van der Waals surface area contributed by atoms with E-state index in [1.165, 1.54) is 11.1 Å². The topological polar surface area (TPSA) is 59.1 Å². The van der Waals surface area contributed by atoms with Crippen molar-refractivity contribution in [3.8, 4) is 5.75 Å². The smallest absolute Gasteiger partial charge is 0.136 e. The number of aryl methyl sites for hydroxylation is 3. The maximum Gasteiger partial charge on any atom is 0.136 e. The first-order valence-corrected chi connectivity index (χ1v) is 8.14. The van der Waals surface area contributed by atoms with Gasteiger partial charge in [0.1, 0.15) is 23.2 Å². The summed E-state index contributed by atoms with van der Waals surface area (Å²) in [6, 6.07) is 15.9. The fraction of sp³-hybridized carbons (Fsp3) is 0.200. The third kappa shape index (κ3) is 4.26. The summed E-state index contributed by atoms with van der Waals surface area (Å²) in [5.74, 6) is 2.98. The number of hydrogen-bond acceptors (Lipinski definition) is 5. The molecule has 128 valence electrons. The van der Waals surface area contributed by atoms with Crippen molar-refractivity contribution in [1.29, 1.82) is 0 Å². The van der Waals surface area contributed by atoms with Gasteiger partial charge in [0, 0.05) is 23.5 Å². The van der Waals surface area contributed by atoms with Crippen molar-refractivity contribution in [2.24, 2.45) is 0 Å². The minimum atomic E-state index is 0.695. The van der Waals surface area contributed by atoms with Gasteiger partial charge in [-0.05, 0) is 50.1 Å². The molecule has 0 bridgehead atoms. The van der Waals surface area contributed by atoms with Crippen LogP contribution in [0.4, 0.5) is 23.0 Å². The van der Waals surface area contributed by atoms with Gasteiger partial charge < -0.3 is 15.4 Å². The average molecular weight is 334 g/mol. The van der Waals surface area contributed by atoms with Crippen molar-refractivity contribution >= 4 is 23.0 Å². The highest BCUT2D eigenvalue weighted by atomic mass is 16.5. The molecule has 0 atom stereocenters. The first kappa shape index (κ1) is 16.8. The van der Waals surface area contributed by atoms with Gasteiger partial charge in [-0.1, -0.05) is 18.2 Å². The number of hydrogen-bond donors (Lipinski definition) is 2. The summed E-state index contributed by atoms with van der Waals surface area (Å²) in [4.78, 5) is 8.95. The molecule has 0 saturated heterocycles. The molecule has 0 aliphatic heterocycles. The van der Waals surface area contributed by atoms with Crippen LogP contribution < -0.4 is 15.4 Å². The summed E-state index contributed by atoms with van der Waals surface area (Å²) in [5.41, 5.74) is 4.33. The third-order valence-electron chi connectivity index (χ3n) is 3.84. The van der Waals surface area contributed by atoms with Gasteiger partial charge in [-0.25, -0.2) is 9.97 Å². The van der Waals surface area contributed by atoms with Crippen LogP contribution in [-0.4, -0.2) is 17.1 Å². The summed E-state index contributed by atoms with van der Waals surface area (Å²) in [6.07, 6.45) is 0. The number of ether oxygens (including phenoxy) is 1. The molecule has 0 saturated carbocycles. The Morgan fingerprint density at radius 1 is 0.840 bits per heavy atom. The van der Waals surface area contributed by atoms with Gasteiger partial charge in [0.05, 0.1) is 7.11 Å². The van der Waals surface area contributed by atoms with Crippen LogP contribution in [0, 0.1) is 20.8 Å². The molecule has 0 aliphatic carbocycles. The lowest BCUT2D eigenvalue weighted by molar-refractivity contribution is 0.415. The number of benzene rings is 2. The number of nitrogens with zero attached hydrogens (tertiary/aromatic N) is 2. The largest absolute Gasteiger partial charge is 0.497 e. The lowest BCUT2D eigenvalue weighted by atomic mass is 10.1. The van der Waals surface area contributed by atoms with Crippen LogP contribution in [0.5, 0.6) is 5.75 Å².